The molecule has 4 heteroatoms. The second-order valence-corrected chi connectivity index (χ2v) is 20.6. The third-order valence-electron chi connectivity index (χ3n) is 13.6. The number of benzene rings is 7. The van der Waals surface area contributed by atoms with Crippen LogP contribution in [0.25, 0.3) is 87.1 Å². The fraction of sp³-hybridized carbons (Fsp3) is 0.211. The molecule has 7 aromatic carbocycles. The molecule has 0 atom stereocenters. The lowest BCUT2D eigenvalue weighted by molar-refractivity contribution is 0.590. The molecule has 12 rings (SSSR count). The van der Waals surface area contributed by atoms with Gasteiger partial charge in [0, 0.05) is 59.9 Å². The Kier molecular flexibility index (Phi) is 7.13. The van der Waals surface area contributed by atoms with Gasteiger partial charge in [0.2, 0.25) is 0 Å². The van der Waals surface area contributed by atoms with E-state index in [9.17, 15) is 0 Å². The summed E-state index contributed by atoms with van der Waals surface area (Å²) < 4.78 is 5.04. The highest BCUT2D eigenvalue weighted by Gasteiger charge is 2.31. The predicted octanol–water partition coefficient (Wildman–Crippen LogP) is 15.9. The smallest absolute Gasteiger partial charge is 0.146 e. The van der Waals surface area contributed by atoms with Gasteiger partial charge >= 0.3 is 0 Å². The van der Waals surface area contributed by atoms with E-state index in [1.807, 2.05) is 0 Å². The average Bonchev–Trinajstić information content (AvgIpc) is 3.96. The van der Waals surface area contributed by atoms with Crippen LogP contribution in [-0.2, 0) is 16.2 Å². The van der Waals surface area contributed by atoms with Gasteiger partial charge in [-0.2, -0.15) is 0 Å². The summed E-state index contributed by atoms with van der Waals surface area (Å²) in [5.74, 6) is 0. The zero-order valence-corrected chi connectivity index (χ0v) is 36.6. The number of para-hydroxylation sites is 2. The third kappa shape index (κ3) is 4.96. The molecule has 0 unspecified atom stereocenters. The van der Waals surface area contributed by atoms with Crippen molar-refractivity contribution in [2.24, 2.45) is 0 Å². The van der Waals surface area contributed by atoms with E-state index in [1.54, 1.807) is 0 Å². The van der Waals surface area contributed by atoms with Crippen LogP contribution in [-0.4, -0.2) is 13.8 Å². The van der Waals surface area contributed by atoms with Crippen molar-refractivity contribution in [1.29, 1.82) is 0 Å². The van der Waals surface area contributed by atoms with Gasteiger partial charge in [-0.3, -0.25) is 4.40 Å². The Hall–Kier alpha value is -6.65. The van der Waals surface area contributed by atoms with Crippen molar-refractivity contribution >= 4 is 104 Å². The summed E-state index contributed by atoms with van der Waals surface area (Å²) in [4.78, 5) is 8.03. The van der Waals surface area contributed by atoms with Crippen LogP contribution in [0.15, 0.2) is 140 Å². The lowest BCUT2D eigenvalue weighted by atomic mass is 9.84. The van der Waals surface area contributed by atoms with Gasteiger partial charge < -0.3 is 9.30 Å². The highest BCUT2D eigenvalue weighted by molar-refractivity contribution is 6.36. The molecular formula is C57H50N4. The SMILES string of the molecule is CC(C)(C)c1ccc2c(c1)c1cc(C(C)(C)C)cc3c4c5c6cc(C(C)(C)C)cc7c8cc9ccccc9c(N(c9ccccc9)c9ccccc9)c8n(c5cnc4n2c13)c76. The normalized spacial score (nSPS) is 13.3. The third-order valence-corrected chi connectivity index (χ3v) is 13.6. The molecule has 0 N–H and O–H groups in total. The molecule has 4 nitrogen and oxygen atoms in total. The van der Waals surface area contributed by atoms with Gasteiger partial charge in [0.25, 0.3) is 0 Å². The van der Waals surface area contributed by atoms with Gasteiger partial charge in [-0.05, 0) is 105 Å². The largest absolute Gasteiger partial charge is 0.308 e. The van der Waals surface area contributed by atoms with E-state index in [1.165, 1.54) is 98.3 Å². The van der Waals surface area contributed by atoms with E-state index >= 15 is 0 Å². The quantitative estimate of drug-likeness (QED) is 0.178. The Morgan fingerprint density at radius 1 is 0.410 bits per heavy atom. The van der Waals surface area contributed by atoms with Crippen LogP contribution in [0.3, 0.4) is 0 Å². The van der Waals surface area contributed by atoms with Crippen molar-refractivity contribution in [3.63, 3.8) is 0 Å². The van der Waals surface area contributed by atoms with Gasteiger partial charge in [-0.1, -0.05) is 129 Å². The summed E-state index contributed by atoms with van der Waals surface area (Å²) in [7, 11) is 0. The maximum Gasteiger partial charge on any atom is 0.146 e. The van der Waals surface area contributed by atoms with E-state index in [-0.39, 0.29) is 16.2 Å². The molecule has 0 aliphatic heterocycles. The maximum absolute atomic E-state index is 5.57. The Morgan fingerprint density at radius 2 is 0.918 bits per heavy atom. The van der Waals surface area contributed by atoms with Gasteiger partial charge in [0.05, 0.1) is 39.5 Å². The molecule has 5 aromatic heterocycles. The van der Waals surface area contributed by atoms with Crippen molar-refractivity contribution in [2.45, 2.75) is 78.6 Å². The zero-order chi connectivity index (χ0) is 41.9. The summed E-state index contributed by atoms with van der Waals surface area (Å²) in [6.45, 7) is 21.0. The topological polar surface area (TPSA) is 24.9 Å². The van der Waals surface area contributed by atoms with E-state index in [2.05, 4.69) is 216 Å². The second-order valence-electron chi connectivity index (χ2n) is 20.6. The number of pyridine rings is 1. The Balaban J connectivity index is 1.34. The van der Waals surface area contributed by atoms with E-state index in [0.717, 1.165) is 22.5 Å². The first-order chi connectivity index (χ1) is 29.2. The van der Waals surface area contributed by atoms with Crippen LogP contribution in [0, 0.1) is 0 Å². The molecule has 0 bridgehead atoms. The van der Waals surface area contributed by atoms with Gasteiger partial charge in [0.1, 0.15) is 5.65 Å². The lowest BCUT2D eigenvalue weighted by Gasteiger charge is -2.28. The van der Waals surface area contributed by atoms with E-state index in [0.29, 0.717) is 0 Å². The van der Waals surface area contributed by atoms with Gasteiger partial charge in [-0.25, -0.2) is 4.98 Å². The summed E-state index contributed by atoms with van der Waals surface area (Å²) in [5.41, 5.74) is 14.4. The van der Waals surface area contributed by atoms with Crippen LogP contribution in [0.5, 0.6) is 0 Å². The fourth-order valence-electron chi connectivity index (χ4n) is 10.4. The number of nitrogens with zero attached hydrogens (tertiary/aromatic N) is 4. The van der Waals surface area contributed by atoms with Crippen molar-refractivity contribution in [2.75, 3.05) is 4.90 Å². The first-order valence-corrected chi connectivity index (χ1v) is 21.8. The predicted molar refractivity (Wildman–Crippen MR) is 262 cm³/mol. The van der Waals surface area contributed by atoms with Crippen LogP contribution in [0.4, 0.5) is 17.1 Å². The molecule has 61 heavy (non-hydrogen) atoms. The van der Waals surface area contributed by atoms with Crippen molar-refractivity contribution < 1.29 is 0 Å². The molecule has 0 radical (unpaired) electrons. The molecule has 0 aliphatic rings. The second kappa shape index (κ2) is 12.0. The summed E-state index contributed by atoms with van der Waals surface area (Å²) in [6.07, 6.45) is 2.18. The molecule has 5 heterocycles. The van der Waals surface area contributed by atoms with Crippen LogP contribution < -0.4 is 4.90 Å². The van der Waals surface area contributed by atoms with Crippen LogP contribution in [0.2, 0.25) is 0 Å². The molecule has 12 aromatic rings. The number of fused-ring (bicyclic) bond motifs is 14. The molecule has 0 saturated carbocycles. The number of hydrogen-bond donors (Lipinski definition) is 0. The van der Waals surface area contributed by atoms with E-state index in [4.69, 9.17) is 4.98 Å². The highest BCUT2D eigenvalue weighted by atomic mass is 15.2. The fourth-order valence-corrected chi connectivity index (χ4v) is 10.4. The molecule has 0 aliphatic carbocycles. The van der Waals surface area contributed by atoms with E-state index < -0.39 is 0 Å². The first-order valence-electron chi connectivity index (χ1n) is 21.8. The minimum atomic E-state index is -0.0798. The Bertz CT molecular complexity index is 3690. The molecule has 0 amide bonds. The van der Waals surface area contributed by atoms with Crippen LogP contribution >= 0.6 is 0 Å². The molecule has 0 spiro atoms. The van der Waals surface area contributed by atoms with Crippen molar-refractivity contribution in [3.8, 4) is 0 Å². The average molecular weight is 791 g/mol. The number of anilines is 3. The maximum atomic E-state index is 5.57. The number of rotatable bonds is 3. The molecule has 298 valence electrons. The minimum absolute atomic E-state index is 0.0364. The Labute approximate surface area is 356 Å². The number of hydrogen-bond acceptors (Lipinski definition) is 2. The summed E-state index contributed by atoms with van der Waals surface area (Å²) >= 11 is 0. The lowest BCUT2D eigenvalue weighted by Crippen LogP contribution is -2.11. The standard InChI is InChI=1S/C57H50N4/c1-55(2,3)34-24-25-46-40(27-34)42-28-35(56(4,5)6)31-45-49-48-44-30-36(57(7,8)9)29-43-41-26-33-18-16-17-23-39(33)52(59(37-19-12-10-13-20-37)38-21-14-11-15-22-38)53(41)60(50(43)44)47(48)32-58-54(49)61(46)51(42)45/h10-32H,1-9H3. The zero-order valence-electron chi connectivity index (χ0n) is 36.6. The van der Waals surface area contributed by atoms with Crippen molar-refractivity contribution in [1.82, 2.24) is 13.8 Å². The van der Waals surface area contributed by atoms with Crippen LogP contribution in [0.1, 0.15) is 79.0 Å². The first kappa shape index (κ1) is 36.2. The summed E-state index contributed by atoms with van der Waals surface area (Å²) in [6, 6.07) is 50.1. The molecule has 0 fully saturated rings. The number of aromatic nitrogens is 3. The van der Waals surface area contributed by atoms with Gasteiger partial charge in [0.15, 0.2) is 0 Å². The molecular weight excluding hydrogens is 741 g/mol. The minimum Gasteiger partial charge on any atom is -0.308 e. The van der Waals surface area contributed by atoms with Gasteiger partial charge in [-0.15, -0.1) is 0 Å². The summed E-state index contributed by atoms with van der Waals surface area (Å²) in [5, 5.41) is 12.6. The monoisotopic (exact) mass is 790 g/mol. The molecule has 0 saturated heterocycles. The Morgan fingerprint density at radius 3 is 1.54 bits per heavy atom. The van der Waals surface area contributed by atoms with Crippen molar-refractivity contribution in [3.05, 3.63) is 156 Å². The highest BCUT2D eigenvalue weighted by Crippen LogP contribution is 2.52.